The summed E-state index contributed by atoms with van der Waals surface area (Å²) in [5, 5.41) is 0. The molecular weight excluding hydrogens is 162 g/mol. The highest BCUT2D eigenvalue weighted by atomic mass is 16.5. The fourth-order valence-electron chi connectivity index (χ4n) is 1.02. The highest BCUT2D eigenvalue weighted by Gasteiger charge is 1.94. The van der Waals surface area contributed by atoms with E-state index in [1.807, 2.05) is 43.3 Å². The topological polar surface area (TPSA) is 35.2 Å². The van der Waals surface area contributed by atoms with Gasteiger partial charge in [-0.3, -0.25) is 0 Å². The van der Waals surface area contributed by atoms with Crippen LogP contribution >= 0.6 is 0 Å². The SMILES string of the molecule is Cc1ccccc1OCC=CCN. The van der Waals surface area contributed by atoms with Crippen molar-refractivity contribution in [1.82, 2.24) is 0 Å². The van der Waals surface area contributed by atoms with Gasteiger partial charge in [-0.2, -0.15) is 0 Å². The van der Waals surface area contributed by atoms with Crippen LogP contribution in [0.5, 0.6) is 5.75 Å². The van der Waals surface area contributed by atoms with Gasteiger partial charge in [0.25, 0.3) is 0 Å². The Balaban J connectivity index is 2.45. The molecule has 2 heteroatoms. The van der Waals surface area contributed by atoms with Crippen LogP contribution in [0.3, 0.4) is 0 Å². The molecule has 0 aliphatic heterocycles. The summed E-state index contributed by atoms with van der Waals surface area (Å²) in [6, 6.07) is 7.96. The first-order chi connectivity index (χ1) is 6.34. The van der Waals surface area contributed by atoms with Gasteiger partial charge in [-0.1, -0.05) is 30.4 Å². The van der Waals surface area contributed by atoms with Crippen LogP contribution in [-0.4, -0.2) is 13.2 Å². The summed E-state index contributed by atoms with van der Waals surface area (Å²) in [6.07, 6.45) is 3.81. The summed E-state index contributed by atoms with van der Waals surface area (Å²) >= 11 is 0. The average Bonchev–Trinajstić information content (AvgIpc) is 2.15. The molecule has 0 heterocycles. The smallest absolute Gasteiger partial charge is 0.122 e. The lowest BCUT2D eigenvalue weighted by Gasteiger charge is -2.05. The third-order valence-corrected chi connectivity index (χ3v) is 1.73. The largest absolute Gasteiger partial charge is 0.489 e. The second-order valence-electron chi connectivity index (χ2n) is 2.78. The maximum atomic E-state index is 5.50. The first-order valence-corrected chi connectivity index (χ1v) is 4.38. The molecule has 0 saturated carbocycles. The Morgan fingerprint density at radius 3 is 2.77 bits per heavy atom. The summed E-state index contributed by atoms with van der Waals surface area (Å²) in [6.45, 7) is 3.18. The number of para-hydroxylation sites is 1. The molecule has 0 amide bonds. The number of rotatable bonds is 4. The van der Waals surface area contributed by atoms with E-state index in [2.05, 4.69) is 0 Å². The van der Waals surface area contributed by atoms with Gasteiger partial charge >= 0.3 is 0 Å². The Morgan fingerprint density at radius 2 is 2.08 bits per heavy atom. The molecule has 1 aromatic rings. The van der Waals surface area contributed by atoms with Gasteiger partial charge in [-0.25, -0.2) is 0 Å². The van der Waals surface area contributed by atoms with Gasteiger partial charge in [0.1, 0.15) is 12.4 Å². The second kappa shape index (κ2) is 5.38. The van der Waals surface area contributed by atoms with Gasteiger partial charge in [0.15, 0.2) is 0 Å². The molecule has 0 atom stereocenters. The number of aryl methyl sites for hydroxylation is 1. The van der Waals surface area contributed by atoms with E-state index in [-0.39, 0.29) is 0 Å². The van der Waals surface area contributed by atoms with E-state index in [4.69, 9.17) is 10.5 Å². The van der Waals surface area contributed by atoms with Crippen molar-refractivity contribution in [2.24, 2.45) is 5.73 Å². The lowest BCUT2D eigenvalue weighted by Crippen LogP contribution is -1.97. The minimum absolute atomic E-state index is 0.567. The predicted molar refractivity (Wildman–Crippen MR) is 54.9 cm³/mol. The van der Waals surface area contributed by atoms with Crippen molar-refractivity contribution in [3.05, 3.63) is 42.0 Å². The zero-order valence-electron chi connectivity index (χ0n) is 7.86. The normalized spacial score (nSPS) is 10.6. The molecule has 1 aromatic carbocycles. The van der Waals surface area contributed by atoms with Gasteiger partial charge in [-0.05, 0) is 18.6 Å². The molecule has 0 bridgehead atoms. The summed E-state index contributed by atoms with van der Waals surface area (Å²) in [5.41, 5.74) is 6.45. The molecule has 1 rings (SSSR count). The Labute approximate surface area is 79.0 Å². The Bertz CT molecular complexity index is 281. The van der Waals surface area contributed by atoms with Crippen molar-refractivity contribution >= 4 is 0 Å². The molecular formula is C11H15NO. The van der Waals surface area contributed by atoms with E-state index < -0.39 is 0 Å². The first kappa shape index (κ1) is 9.81. The van der Waals surface area contributed by atoms with E-state index in [0.717, 1.165) is 11.3 Å². The minimum Gasteiger partial charge on any atom is -0.489 e. The molecule has 0 radical (unpaired) electrons. The molecule has 70 valence electrons. The zero-order chi connectivity index (χ0) is 9.52. The highest BCUT2D eigenvalue weighted by molar-refractivity contribution is 5.31. The van der Waals surface area contributed by atoms with Crippen LogP contribution in [0.15, 0.2) is 36.4 Å². The van der Waals surface area contributed by atoms with E-state index in [0.29, 0.717) is 13.2 Å². The van der Waals surface area contributed by atoms with Crippen molar-refractivity contribution < 1.29 is 4.74 Å². The maximum Gasteiger partial charge on any atom is 0.122 e. The number of benzene rings is 1. The Hall–Kier alpha value is -1.28. The Kier molecular flexibility index (Phi) is 4.06. The first-order valence-electron chi connectivity index (χ1n) is 4.38. The third-order valence-electron chi connectivity index (χ3n) is 1.73. The van der Waals surface area contributed by atoms with Crippen LogP contribution in [0, 0.1) is 6.92 Å². The quantitative estimate of drug-likeness (QED) is 0.713. The lowest BCUT2D eigenvalue weighted by molar-refractivity contribution is 0.360. The Morgan fingerprint density at radius 1 is 1.31 bits per heavy atom. The lowest BCUT2D eigenvalue weighted by atomic mass is 10.2. The predicted octanol–water partition coefficient (Wildman–Crippen LogP) is 1.89. The van der Waals surface area contributed by atoms with Gasteiger partial charge in [0, 0.05) is 6.54 Å². The van der Waals surface area contributed by atoms with Crippen molar-refractivity contribution in [1.29, 1.82) is 0 Å². The standard InChI is InChI=1S/C11H15NO/c1-10-6-2-3-7-11(10)13-9-5-4-8-12/h2-7H,8-9,12H2,1H3. The monoisotopic (exact) mass is 177 g/mol. The molecule has 2 nitrogen and oxygen atoms in total. The highest BCUT2D eigenvalue weighted by Crippen LogP contribution is 2.15. The molecule has 0 aromatic heterocycles. The van der Waals surface area contributed by atoms with Crippen LogP contribution < -0.4 is 10.5 Å². The summed E-state index contributed by atoms with van der Waals surface area (Å²) < 4.78 is 5.50. The van der Waals surface area contributed by atoms with Gasteiger partial charge in [0.05, 0.1) is 0 Å². The van der Waals surface area contributed by atoms with Crippen molar-refractivity contribution in [2.45, 2.75) is 6.92 Å². The van der Waals surface area contributed by atoms with Crippen molar-refractivity contribution in [3.8, 4) is 5.75 Å². The molecule has 0 spiro atoms. The fraction of sp³-hybridized carbons (Fsp3) is 0.273. The molecule has 0 aliphatic rings. The van der Waals surface area contributed by atoms with Gasteiger partial charge < -0.3 is 10.5 Å². The summed E-state index contributed by atoms with van der Waals surface area (Å²) in [7, 11) is 0. The molecule has 0 fully saturated rings. The summed E-state index contributed by atoms with van der Waals surface area (Å²) in [5.74, 6) is 0.934. The van der Waals surface area contributed by atoms with Gasteiger partial charge in [-0.15, -0.1) is 0 Å². The number of hydrogen-bond donors (Lipinski definition) is 1. The van der Waals surface area contributed by atoms with Crippen LogP contribution in [0.1, 0.15) is 5.56 Å². The van der Waals surface area contributed by atoms with Gasteiger partial charge in [0.2, 0.25) is 0 Å². The van der Waals surface area contributed by atoms with E-state index >= 15 is 0 Å². The number of ether oxygens (including phenoxy) is 1. The third kappa shape index (κ3) is 3.30. The number of hydrogen-bond acceptors (Lipinski definition) is 2. The van der Waals surface area contributed by atoms with Crippen LogP contribution in [0.4, 0.5) is 0 Å². The minimum atomic E-state index is 0.567. The molecule has 0 aliphatic carbocycles. The van der Waals surface area contributed by atoms with Crippen LogP contribution in [-0.2, 0) is 0 Å². The fourth-order valence-corrected chi connectivity index (χ4v) is 1.02. The summed E-state index contributed by atoms with van der Waals surface area (Å²) in [4.78, 5) is 0. The molecule has 0 saturated heterocycles. The van der Waals surface area contributed by atoms with Crippen molar-refractivity contribution in [3.63, 3.8) is 0 Å². The van der Waals surface area contributed by atoms with Crippen LogP contribution in [0.25, 0.3) is 0 Å². The maximum absolute atomic E-state index is 5.50. The second-order valence-corrected chi connectivity index (χ2v) is 2.78. The molecule has 2 N–H and O–H groups in total. The zero-order valence-corrected chi connectivity index (χ0v) is 7.86. The van der Waals surface area contributed by atoms with E-state index in [1.54, 1.807) is 0 Å². The van der Waals surface area contributed by atoms with E-state index in [1.165, 1.54) is 0 Å². The van der Waals surface area contributed by atoms with E-state index in [9.17, 15) is 0 Å². The molecule has 13 heavy (non-hydrogen) atoms. The average molecular weight is 177 g/mol. The van der Waals surface area contributed by atoms with Crippen LogP contribution in [0.2, 0.25) is 0 Å². The van der Waals surface area contributed by atoms with Crippen molar-refractivity contribution in [2.75, 3.05) is 13.2 Å². The molecule has 0 unspecified atom stereocenters. The number of nitrogens with two attached hydrogens (primary N) is 1.